The number of thiazole rings is 1. The van der Waals surface area contributed by atoms with Crippen LogP contribution in [-0.2, 0) is 7.05 Å². The number of carbonyl (C=O) groups is 1. The molecule has 0 atom stereocenters. The lowest BCUT2D eigenvalue weighted by molar-refractivity contribution is -0.384. The van der Waals surface area contributed by atoms with Gasteiger partial charge < -0.3 is 0 Å². The second kappa shape index (κ2) is 6.94. The molecule has 3 aromatic rings. The number of hydrogen-bond donors (Lipinski definition) is 1. The van der Waals surface area contributed by atoms with E-state index in [1.807, 2.05) is 6.92 Å². The summed E-state index contributed by atoms with van der Waals surface area (Å²) in [5.74, 6) is -0.490. The van der Waals surface area contributed by atoms with Crippen LogP contribution in [0.4, 0.5) is 10.8 Å². The van der Waals surface area contributed by atoms with E-state index in [0.717, 1.165) is 17.5 Å². The van der Waals surface area contributed by atoms with Crippen LogP contribution in [0.5, 0.6) is 0 Å². The van der Waals surface area contributed by atoms with E-state index in [-0.39, 0.29) is 11.3 Å². The first-order valence-corrected chi connectivity index (χ1v) is 8.56. The maximum atomic E-state index is 12.6. The first-order valence-electron chi connectivity index (χ1n) is 6.86. The number of aryl methyl sites for hydroxylation is 2. The van der Waals surface area contributed by atoms with Crippen LogP contribution in [-0.4, -0.2) is 36.0 Å². The van der Waals surface area contributed by atoms with Crippen molar-refractivity contribution in [2.75, 3.05) is 5.32 Å². The topological polar surface area (TPSA) is 129 Å². The molecule has 0 radical (unpaired) electrons. The second-order valence-corrected chi connectivity index (χ2v) is 6.74. The third-order valence-corrected chi connectivity index (χ3v) is 5.02. The zero-order chi connectivity index (χ0) is 18.0. The zero-order valence-electron chi connectivity index (χ0n) is 13.0. The van der Waals surface area contributed by atoms with Gasteiger partial charge in [-0.2, -0.15) is 0 Å². The number of anilines is 1. The normalized spacial score (nSPS) is 10.6. The van der Waals surface area contributed by atoms with Crippen LogP contribution in [0.25, 0.3) is 0 Å². The highest BCUT2D eigenvalue weighted by molar-refractivity contribution is 7.99. The van der Waals surface area contributed by atoms with Crippen molar-refractivity contribution in [3.63, 3.8) is 0 Å². The third-order valence-electron chi connectivity index (χ3n) is 3.04. The molecule has 25 heavy (non-hydrogen) atoms. The number of hydrogen-bond acceptors (Lipinski definition) is 9. The highest BCUT2D eigenvalue weighted by Crippen LogP contribution is 2.31. The summed E-state index contributed by atoms with van der Waals surface area (Å²) in [6.07, 6.45) is 0. The Morgan fingerprint density at radius 1 is 1.44 bits per heavy atom. The van der Waals surface area contributed by atoms with E-state index in [9.17, 15) is 14.9 Å². The summed E-state index contributed by atoms with van der Waals surface area (Å²) in [6.45, 7) is 1.81. The maximum Gasteiger partial charge on any atom is 0.270 e. The van der Waals surface area contributed by atoms with Gasteiger partial charge in [-0.3, -0.25) is 20.2 Å². The van der Waals surface area contributed by atoms with Crippen molar-refractivity contribution in [2.24, 2.45) is 7.05 Å². The summed E-state index contributed by atoms with van der Waals surface area (Å²) in [4.78, 5) is 27.7. The summed E-state index contributed by atoms with van der Waals surface area (Å²) < 4.78 is 1.44. The van der Waals surface area contributed by atoms with Crippen molar-refractivity contribution in [2.45, 2.75) is 17.0 Å². The van der Waals surface area contributed by atoms with E-state index in [2.05, 4.69) is 25.8 Å². The molecule has 0 spiro atoms. The lowest BCUT2D eigenvalue weighted by Crippen LogP contribution is -2.13. The lowest BCUT2D eigenvalue weighted by Gasteiger charge is -2.08. The Labute approximate surface area is 149 Å². The molecule has 0 fully saturated rings. The number of nitro groups is 1. The number of non-ortho nitro benzene ring substituents is 1. The Hall–Kier alpha value is -2.86. The average Bonchev–Trinajstić information content (AvgIpc) is 3.16. The van der Waals surface area contributed by atoms with Gasteiger partial charge in [0.25, 0.3) is 11.6 Å². The van der Waals surface area contributed by atoms with Gasteiger partial charge in [-0.15, -0.1) is 16.4 Å². The molecular weight excluding hydrogens is 366 g/mol. The summed E-state index contributed by atoms with van der Waals surface area (Å²) in [7, 11) is 1.66. The molecule has 0 unspecified atom stereocenters. The molecule has 3 rings (SSSR count). The van der Waals surface area contributed by atoms with Gasteiger partial charge in [0.05, 0.1) is 16.2 Å². The van der Waals surface area contributed by atoms with Crippen molar-refractivity contribution in [1.82, 2.24) is 25.2 Å². The number of amides is 1. The van der Waals surface area contributed by atoms with Crippen LogP contribution >= 0.6 is 23.1 Å². The van der Waals surface area contributed by atoms with E-state index in [1.54, 1.807) is 12.4 Å². The minimum Gasteiger partial charge on any atom is -0.298 e. The molecule has 0 saturated carbocycles. The van der Waals surface area contributed by atoms with Crippen LogP contribution in [0.1, 0.15) is 16.1 Å². The molecule has 0 aliphatic heterocycles. The first kappa shape index (κ1) is 17.0. The molecule has 0 saturated heterocycles. The Morgan fingerprint density at radius 3 is 2.84 bits per heavy atom. The number of rotatable bonds is 5. The van der Waals surface area contributed by atoms with Gasteiger partial charge in [-0.25, -0.2) is 9.67 Å². The van der Waals surface area contributed by atoms with E-state index >= 15 is 0 Å². The van der Waals surface area contributed by atoms with Crippen LogP contribution < -0.4 is 5.32 Å². The highest BCUT2D eigenvalue weighted by Gasteiger charge is 2.20. The van der Waals surface area contributed by atoms with Gasteiger partial charge in [-0.05, 0) is 35.2 Å². The fourth-order valence-corrected chi connectivity index (χ4v) is 3.40. The third kappa shape index (κ3) is 3.80. The lowest BCUT2D eigenvalue weighted by atomic mass is 10.2. The molecule has 2 aromatic heterocycles. The standard InChI is InChI=1S/C13H11N7O3S2/c1-7-6-24-12(14-7)15-11(21)9-5-8(20(22)23)3-4-10(9)25-13-16-17-18-19(13)2/h3-6H,1-2H3,(H,14,15,21). The second-order valence-electron chi connectivity index (χ2n) is 4.87. The molecule has 0 bridgehead atoms. The van der Waals surface area contributed by atoms with Gasteiger partial charge in [0.2, 0.25) is 5.16 Å². The van der Waals surface area contributed by atoms with Crippen molar-refractivity contribution < 1.29 is 9.72 Å². The molecule has 10 nitrogen and oxygen atoms in total. The van der Waals surface area contributed by atoms with Crippen LogP contribution in [0.3, 0.4) is 0 Å². The van der Waals surface area contributed by atoms with Crippen LogP contribution in [0, 0.1) is 17.0 Å². The first-order chi connectivity index (χ1) is 11.9. The Kier molecular flexibility index (Phi) is 4.72. The SMILES string of the molecule is Cc1csc(NC(=O)c2cc([N+](=O)[O-])ccc2Sc2nnnn2C)n1. The Bertz CT molecular complexity index is 953. The van der Waals surface area contributed by atoms with E-state index < -0.39 is 10.8 Å². The molecule has 1 aromatic carbocycles. The van der Waals surface area contributed by atoms with Crippen LogP contribution in [0.15, 0.2) is 33.6 Å². The summed E-state index contributed by atoms with van der Waals surface area (Å²) in [5, 5.41) is 27.5. The number of nitrogens with one attached hydrogen (secondary N) is 1. The number of nitrogens with zero attached hydrogens (tertiary/aromatic N) is 6. The minimum atomic E-state index is -0.553. The fraction of sp³-hybridized carbons (Fsp3) is 0.154. The van der Waals surface area contributed by atoms with Gasteiger partial charge >= 0.3 is 0 Å². The van der Waals surface area contributed by atoms with Crippen molar-refractivity contribution >= 4 is 39.8 Å². The molecule has 12 heteroatoms. The fourth-order valence-electron chi connectivity index (χ4n) is 1.88. The number of carbonyl (C=O) groups excluding carboxylic acids is 1. The van der Waals surface area contributed by atoms with Crippen molar-refractivity contribution in [1.29, 1.82) is 0 Å². The highest BCUT2D eigenvalue weighted by atomic mass is 32.2. The summed E-state index contributed by atoms with van der Waals surface area (Å²) in [5.41, 5.74) is 0.745. The van der Waals surface area contributed by atoms with Crippen LogP contribution in [0.2, 0.25) is 0 Å². The van der Waals surface area contributed by atoms with E-state index in [4.69, 9.17) is 0 Å². The summed E-state index contributed by atoms with van der Waals surface area (Å²) in [6, 6.07) is 4.05. The predicted molar refractivity (Wildman–Crippen MR) is 90.8 cm³/mol. The van der Waals surface area contributed by atoms with Gasteiger partial charge in [0, 0.05) is 29.5 Å². The largest absolute Gasteiger partial charge is 0.298 e. The monoisotopic (exact) mass is 377 g/mol. The molecule has 128 valence electrons. The average molecular weight is 377 g/mol. The summed E-state index contributed by atoms with van der Waals surface area (Å²) >= 11 is 2.41. The number of nitro benzene ring substituents is 1. The van der Waals surface area contributed by atoms with Gasteiger partial charge in [0.1, 0.15) is 0 Å². The molecular formula is C13H11N7O3S2. The molecule has 1 N–H and O–H groups in total. The number of benzene rings is 1. The van der Waals surface area contributed by atoms with E-state index in [0.29, 0.717) is 15.2 Å². The van der Waals surface area contributed by atoms with Gasteiger partial charge in [-0.1, -0.05) is 0 Å². The predicted octanol–water partition coefficient (Wildman–Crippen LogP) is 2.29. The zero-order valence-corrected chi connectivity index (χ0v) is 14.7. The molecule has 2 heterocycles. The number of tetrazole rings is 1. The number of aromatic nitrogens is 5. The van der Waals surface area contributed by atoms with Crippen molar-refractivity contribution in [3.05, 3.63) is 45.0 Å². The Balaban J connectivity index is 1.95. The Morgan fingerprint density at radius 2 is 2.24 bits per heavy atom. The smallest absolute Gasteiger partial charge is 0.270 e. The van der Waals surface area contributed by atoms with Crippen molar-refractivity contribution in [3.8, 4) is 0 Å². The molecule has 0 aliphatic carbocycles. The van der Waals surface area contributed by atoms with E-state index in [1.165, 1.54) is 34.2 Å². The van der Waals surface area contributed by atoms with Gasteiger partial charge in [0.15, 0.2) is 5.13 Å². The molecule has 0 aliphatic rings. The quantitative estimate of drug-likeness (QED) is 0.529. The molecule has 1 amide bonds. The maximum absolute atomic E-state index is 12.6. The minimum absolute atomic E-state index is 0.148.